The number of para-hydroxylation sites is 1. The van der Waals surface area contributed by atoms with Crippen molar-refractivity contribution in [2.45, 2.75) is 12.6 Å². The van der Waals surface area contributed by atoms with Crippen molar-refractivity contribution in [3.63, 3.8) is 0 Å². The Morgan fingerprint density at radius 3 is 2.38 bits per heavy atom. The maximum atomic E-state index is 13.0. The third-order valence-corrected chi connectivity index (χ3v) is 3.35. The van der Waals surface area contributed by atoms with Gasteiger partial charge in [-0.2, -0.15) is 18.3 Å². The van der Waals surface area contributed by atoms with Crippen molar-refractivity contribution in [1.29, 1.82) is 5.41 Å². The van der Waals surface area contributed by atoms with Crippen molar-refractivity contribution >= 4 is 0 Å². The van der Waals surface area contributed by atoms with E-state index in [2.05, 4.69) is 10.1 Å². The molecule has 1 aromatic carbocycles. The van der Waals surface area contributed by atoms with Crippen LogP contribution in [0.4, 0.5) is 13.2 Å². The van der Waals surface area contributed by atoms with E-state index in [0.717, 1.165) is 6.07 Å². The Hall–Kier alpha value is -2.96. The maximum Gasteiger partial charge on any atom is 1.00 e. The Morgan fingerprint density at radius 2 is 1.67 bits per heavy atom. The van der Waals surface area contributed by atoms with Crippen LogP contribution in [0.3, 0.4) is 0 Å². The zero-order chi connectivity index (χ0) is 17.2. The lowest BCUT2D eigenvalue weighted by molar-refractivity contribution is -0.141. The molecule has 3 aromatic rings. The van der Waals surface area contributed by atoms with E-state index >= 15 is 0 Å². The molecule has 0 aliphatic rings. The Morgan fingerprint density at radius 1 is 1.00 bits per heavy atom. The Balaban J connectivity index is 0.00000225. The first-order chi connectivity index (χ1) is 11.4. The summed E-state index contributed by atoms with van der Waals surface area (Å²) in [6.07, 6.45) is -4.39. The highest BCUT2D eigenvalue weighted by atomic mass is 19.4. The van der Waals surface area contributed by atoms with Crippen LogP contribution in [-0.4, -0.2) is 14.8 Å². The second-order valence-corrected chi connectivity index (χ2v) is 5.15. The Kier molecular flexibility index (Phi) is 4.16. The second kappa shape index (κ2) is 6.27. The molecule has 7 heteroatoms. The predicted octanol–water partition coefficient (Wildman–Crippen LogP) is 3.47. The molecule has 3 rings (SSSR count). The van der Waals surface area contributed by atoms with Crippen molar-refractivity contribution in [1.82, 2.24) is 14.8 Å². The van der Waals surface area contributed by atoms with Gasteiger partial charge in [0.05, 0.1) is 11.4 Å². The quantitative estimate of drug-likeness (QED) is 0.799. The minimum atomic E-state index is -4.52. The first kappa shape index (κ1) is 15.9. The number of halogens is 3. The standard InChI is InChI=1S/C17H13F3N4/c18-17(19,20)15-11-14(10-12-6-4-5-9-16(21)22-12)24(23-15)13-7-2-1-3-8-13/h1-9,11,21H,10H2/p+1. The number of nitrogens with zero attached hydrogens (tertiary/aromatic N) is 3. The van der Waals surface area contributed by atoms with Gasteiger partial charge in [-0.05, 0) is 30.3 Å². The summed E-state index contributed by atoms with van der Waals surface area (Å²) in [5, 5.41) is 11.3. The van der Waals surface area contributed by atoms with E-state index in [4.69, 9.17) is 5.41 Å². The van der Waals surface area contributed by atoms with Gasteiger partial charge in [-0.15, -0.1) is 0 Å². The van der Waals surface area contributed by atoms with Crippen LogP contribution < -0.4 is 5.49 Å². The van der Waals surface area contributed by atoms with Gasteiger partial charge in [-0.3, -0.25) is 5.41 Å². The molecule has 0 spiro atoms. The average molecular weight is 331 g/mol. The maximum absolute atomic E-state index is 13.0. The van der Waals surface area contributed by atoms with Gasteiger partial charge in [0.1, 0.15) is 5.49 Å². The highest BCUT2D eigenvalue weighted by Gasteiger charge is 2.35. The van der Waals surface area contributed by atoms with Crippen LogP contribution in [0.2, 0.25) is 0 Å². The fourth-order valence-electron chi connectivity index (χ4n) is 2.30. The summed E-state index contributed by atoms with van der Waals surface area (Å²) in [4.78, 5) is 4.08. The summed E-state index contributed by atoms with van der Waals surface area (Å²) >= 11 is 0. The van der Waals surface area contributed by atoms with Gasteiger partial charge in [-0.25, -0.2) is 9.67 Å². The lowest BCUT2D eigenvalue weighted by Crippen LogP contribution is -2.08. The minimum Gasteiger partial charge on any atom is -0.283 e. The third kappa shape index (κ3) is 3.51. The Labute approximate surface area is 137 Å². The topological polar surface area (TPSA) is 54.6 Å². The first-order valence-corrected chi connectivity index (χ1v) is 7.16. The molecule has 0 atom stereocenters. The number of rotatable bonds is 3. The molecule has 0 saturated carbocycles. The molecule has 0 amide bonds. The molecule has 24 heavy (non-hydrogen) atoms. The number of aromatic nitrogens is 3. The van der Waals surface area contributed by atoms with E-state index in [9.17, 15) is 13.2 Å². The zero-order valence-electron chi connectivity index (χ0n) is 13.5. The lowest BCUT2D eigenvalue weighted by Gasteiger charge is -2.06. The number of benzene rings is 1. The molecular weight excluding hydrogens is 317 g/mol. The van der Waals surface area contributed by atoms with Crippen LogP contribution in [0.5, 0.6) is 0 Å². The van der Waals surface area contributed by atoms with Crippen molar-refractivity contribution in [3.8, 4) is 5.69 Å². The van der Waals surface area contributed by atoms with Gasteiger partial charge in [0, 0.05) is 12.1 Å². The van der Waals surface area contributed by atoms with Crippen LogP contribution in [0.15, 0.2) is 60.7 Å². The monoisotopic (exact) mass is 331 g/mol. The predicted molar refractivity (Wildman–Crippen MR) is 82.6 cm³/mol. The summed E-state index contributed by atoms with van der Waals surface area (Å²) in [6, 6.07) is 16.2. The number of nitrogens with one attached hydrogen (secondary N) is 1. The van der Waals surface area contributed by atoms with Gasteiger partial charge in [0.15, 0.2) is 5.69 Å². The Bertz CT molecular complexity index is 908. The highest BCUT2D eigenvalue weighted by Crippen LogP contribution is 2.30. The summed E-state index contributed by atoms with van der Waals surface area (Å²) < 4.78 is 40.4. The summed E-state index contributed by atoms with van der Waals surface area (Å²) in [5.41, 5.74) is 0.487. The van der Waals surface area contributed by atoms with Gasteiger partial charge in [0.2, 0.25) is 0 Å². The third-order valence-electron chi connectivity index (χ3n) is 3.35. The van der Waals surface area contributed by atoms with E-state index in [1.807, 2.05) is 0 Å². The minimum absolute atomic E-state index is 0. The number of alkyl halides is 3. The molecule has 0 aliphatic heterocycles. The molecule has 4 nitrogen and oxygen atoms in total. The number of hydrogen-bond donors (Lipinski definition) is 1. The van der Waals surface area contributed by atoms with Gasteiger partial charge < -0.3 is 0 Å². The SMILES string of the molecule is N=c1ccccc(Cc2cc(C(F)(F)F)nn2-c2ccccc2)n1.[H+]. The molecule has 0 saturated heterocycles. The van der Waals surface area contributed by atoms with E-state index in [-0.39, 0.29) is 13.3 Å². The summed E-state index contributed by atoms with van der Waals surface area (Å²) in [7, 11) is 0. The van der Waals surface area contributed by atoms with Crippen molar-refractivity contribution < 1.29 is 14.6 Å². The molecule has 0 bridgehead atoms. The molecular formula is C17H14F3N4+. The van der Waals surface area contributed by atoms with Crippen molar-refractivity contribution in [2.75, 3.05) is 0 Å². The molecule has 0 fully saturated rings. The zero-order valence-corrected chi connectivity index (χ0v) is 12.5. The molecule has 2 aromatic heterocycles. The normalized spacial score (nSPS) is 11.5. The lowest BCUT2D eigenvalue weighted by atomic mass is 10.2. The van der Waals surface area contributed by atoms with Crippen molar-refractivity contribution in [2.24, 2.45) is 0 Å². The largest absolute Gasteiger partial charge is 1.00 e. The van der Waals surface area contributed by atoms with Gasteiger partial charge in [-0.1, -0.05) is 30.3 Å². The molecule has 2 heterocycles. The van der Waals surface area contributed by atoms with Gasteiger partial charge in [0.25, 0.3) is 0 Å². The van der Waals surface area contributed by atoms with E-state index in [1.165, 1.54) is 10.7 Å². The fourth-order valence-corrected chi connectivity index (χ4v) is 2.30. The van der Waals surface area contributed by atoms with Crippen LogP contribution >= 0.6 is 0 Å². The highest BCUT2D eigenvalue weighted by molar-refractivity contribution is 5.35. The summed E-state index contributed by atoms with van der Waals surface area (Å²) in [5.74, 6) is 0. The van der Waals surface area contributed by atoms with Crippen LogP contribution in [0, 0.1) is 5.41 Å². The van der Waals surface area contributed by atoms with Crippen molar-refractivity contribution in [3.05, 3.63) is 83.2 Å². The molecule has 0 aliphatic carbocycles. The molecule has 122 valence electrons. The molecule has 1 N–H and O–H groups in total. The second-order valence-electron chi connectivity index (χ2n) is 5.15. The number of hydrogen-bond acceptors (Lipinski definition) is 3. The van der Waals surface area contributed by atoms with Gasteiger partial charge >= 0.3 is 7.60 Å². The fraction of sp³-hybridized carbons (Fsp3) is 0.118. The van der Waals surface area contributed by atoms with E-state index in [1.54, 1.807) is 48.5 Å². The van der Waals surface area contributed by atoms with Crippen LogP contribution in [0.1, 0.15) is 18.5 Å². The van der Waals surface area contributed by atoms with E-state index in [0.29, 0.717) is 17.1 Å². The average Bonchev–Trinajstić information content (AvgIpc) is 2.85. The van der Waals surface area contributed by atoms with Crippen LogP contribution in [-0.2, 0) is 12.6 Å². The van der Waals surface area contributed by atoms with E-state index < -0.39 is 11.9 Å². The van der Waals surface area contributed by atoms with Crippen LogP contribution in [0.25, 0.3) is 5.69 Å². The first-order valence-electron chi connectivity index (χ1n) is 7.16. The summed E-state index contributed by atoms with van der Waals surface area (Å²) in [6.45, 7) is 0. The molecule has 0 radical (unpaired) electrons. The molecule has 0 unspecified atom stereocenters. The smallest absolute Gasteiger partial charge is 0.283 e.